The van der Waals surface area contributed by atoms with Crippen LogP contribution in [-0.4, -0.2) is 54.0 Å². The van der Waals surface area contributed by atoms with Gasteiger partial charge in [0, 0.05) is 49.6 Å². The molecule has 5 saturated carbocycles. The van der Waals surface area contributed by atoms with E-state index in [4.69, 9.17) is 9.47 Å². The lowest BCUT2D eigenvalue weighted by atomic mass is 9.43. The second kappa shape index (κ2) is 7.07. The van der Waals surface area contributed by atoms with Crippen LogP contribution in [0.3, 0.4) is 0 Å². The molecule has 0 amide bonds. The molecule has 0 N–H and O–H groups in total. The monoisotopic (exact) mass is 477 g/mol. The molecular weight excluding hydrogens is 442 g/mol. The van der Waals surface area contributed by atoms with E-state index in [1.165, 1.54) is 13.8 Å². The lowest BCUT2D eigenvalue weighted by molar-refractivity contribution is -0.224. The zero-order valence-corrected chi connectivity index (χ0v) is 20.9. The molecule has 2 unspecified atom stereocenters. The van der Waals surface area contributed by atoms with Gasteiger partial charge in [-0.2, -0.15) is 0 Å². The third-order valence-electron chi connectivity index (χ3n) is 10.9. The zero-order chi connectivity index (χ0) is 22.8. The van der Waals surface area contributed by atoms with Gasteiger partial charge in [0.25, 0.3) is 0 Å². The van der Waals surface area contributed by atoms with E-state index in [0.717, 1.165) is 44.3 Å². The molecule has 33 heavy (non-hydrogen) atoms. The largest absolute Gasteiger partial charge is 0.462 e. The Morgan fingerprint density at radius 1 is 1.18 bits per heavy atom. The number of rotatable bonds is 3. The number of ketones is 1. The Hall–Kier alpha value is -1.40. The molecule has 0 aromatic rings. The molecule has 182 valence electrons. The van der Waals surface area contributed by atoms with Crippen LogP contribution in [0.25, 0.3) is 0 Å². The standard InChI is InChI=1S/C26H35NO5.ClH/c1-6-27-12-24(5)8-7-21(31-14(3)28)26-19(24)9-17(22(26)27)25-11-16(18(30)10-20(25)26)13(2)23(25)32-15(4)29;/h16-17,19-23H,2,6-12H2,1,3-5H3;1H/t16-,17?,19+,20+,21-,22+,23+,24-,25-,26?;/m0./s1. The van der Waals surface area contributed by atoms with Crippen LogP contribution in [0.2, 0.25) is 0 Å². The van der Waals surface area contributed by atoms with Gasteiger partial charge in [-0.25, -0.2) is 0 Å². The Morgan fingerprint density at radius 3 is 2.52 bits per heavy atom. The molecular formula is C26H36ClNO5. The minimum absolute atomic E-state index is 0. The lowest BCUT2D eigenvalue weighted by Crippen LogP contribution is -2.69. The Labute approximate surface area is 202 Å². The van der Waals surface area contributed by atoms with Gasteiger partial charge in [-0.05, 0) is 61.0 Å². The fourth-order valence-electron chi connectivity index (χ4n) is 10.4. The summed E-state index contributed by atoms with van der Waals surface area (Å²) in [5.41, 5.74) is 0.446. The van der Waals surface area contributed by atoms with Crippen molar-refractivity contribution in [1.82, 2.24) is 4.90 Å². The van der Waals surface area contributed by atoms with E-state index >= 15 is 0 Å². The van der Waals surface area contributed by atoms with Crippen LogP contribution in [0, 0.1) is 39.9 Å². The van der Waals surface area contributed by atoms with E-state index in [-0.39, 0.29) is 70.4 Å². The zero-order valence-electron chi connectivity index (χ0n) is 20.1. The molecule has 0 aromatic carbocycles. The minimum atomic E-state index is -0.405. The molecule has 0 aromatic heterocycles. The van der Waals surface area contributed by atoms with Crippen LogP contribution in [0.4, 0.5) is 0 Å². The minimum Gasteiger partial charge on any atom is -0.462 e. The number of hydrogen-bond donors (Lipinski definition) is 0. The first kappa shape index (κ1) is 23.3. The second-order valence-corrected chi connectivity index (χ2v) is 11.8. The van der Waals surface area contributed by atoms with Crippen molar-refractivity contribution in [2.24, 2.45) is 39.9 Å². The van der Waals surface area contributed by atoms with E-state index in [1.54, 1.807) is 0 Å². The summed E-state index contributed by atoms with van der Waals surface area (Å²) >= 11 is 0. The fraction of sp³-hybridized carbons (Fsp3) is 0.808. The average Bonchev–Trinajstić information content (AvgIpc) is 3.24. The van der Waals surface area contributed by atoms with E-state index in [1.807, 2.05) is 0 Å². The number of esters is 2. The summed E-state index contributed by atoms with van der Waals surface area (Å²) in [5, 5.41) is 0. The van der Waals surface area contributed by atoms with Gasteiger partial charge < -0.3 is 9.47 Å². The summed E-state index contributed by atoms with van der Waals surface area (Å²) < 4.78 is 12.2. The Kier molecular flexibility index (Phi) is 5.00. The summed E-state index contributed by atoms with van der Waals surface area (Å²) in [6, 6.07) is 0.260. The molecule has 1 heterocycles. The van der Waals surface area contributed by atoms with Crippen LogP contribution < -0.4 is 0 Å². The summed E-state index contributed by atoms with van der Waals surface area (Å²) in [6.07, 6.45) is 3.62. The van der Waals surface area contributed by atoms with Gasteiger partial charge in [0.1, 0.15) is 18.0 Å². The molecule has 0 radical (unpaired) electrons. The van der Waals surface area contributed by atoms with Crippen LogP contribution in [0.1, 0.15) is 59.8 Å². The first-order chi connectivity index (χ1) is 15.1. The molecule has 7 heteroatoms. The van der Waals surface area contributed by atoms with E-state index in [9.17, 15) is 14.4 Å². The molecule has 1 saturated heterocycles. The van der Waals surface area contributed by atoms with Gasteiger partial charge >= 0.3 is 11.9 Å². The molecule has 6 fully saturated rings. The summed E-state index contributed by atoms with van der Waals surface area (Å²) in [4.78, 5) is 40.5. The number of hydrogen-bond acceptors (Lipinski definition) is 6. The van der Waals surface area contributed by atoms with Gasteiger partial charge in [0.2, 0.25) is 0 Å². The van der Waals surface area contributed by atoms with Crippen molar-refractivity contribution < 1.29 is 23.9 Å². The van der Waals surface area contributed by atoms with E-state index < -0.39 is 6.10 Å². The third kappa shape index (κ3) is 2.47. The molecule has 1 aliphatic heterocycles. The Bertz CT molecular complexity index is 951. The number of ether oxygens (including phenoxy) is 2. The molecule has 6 rings (SSSR count). The van der Waals surface area contributed by atoms with Crippen LogP contribution in [0.15, 0.2) is 12.2 Å². The number of piperidine rings is 1. The van der Waals surface area contributed by atoms with Crippen LogP contribution >= 0.6 is 12.4 Å². The van der Waals surface area contributed by atoms with Gasteiger partial charge in [0.05, 0.1) is 0 Å². The van der Waals surface area contributed by atoms with E-state index in [0.29, 0.717) is 18.3 Å². The number of halogens is 1. The van der Waals surface area contributed by atoms with Crippen molar-refractivity contribution in [1.29, 1.82) is 0 Å². The highest BCUT2D eigenvalue weighted by Crippen LogP contribution is 2.83. The number of fused-ring (bicyclic) bond motifs is 1. The predicted octanol–water partition coefficient (Wildman–Crippen LogP) is 3.56. The summed E-state index contributed by atoms with van der Waals surface area (Å²) in [7, 11) is 0. The van der Waals surface area contributed by atoms with Gasteiger partial charge in [-0.15, -0.1) is 12.4 Å². The molecule has 2 spiro atoms. The van der Waals surface area contributed by atoms with Gasteiger partial charge in [-0.3, -0.25) is 19.3 Å². The molecule has 6 nitrogen and oxygen atoms in total. The van der Waals surface area contributed by atoms with Crippen LogP contribution in [-0.2, 0) is 23.9 Å². The smallest absolute Gasteiger partial charge is 0.303 e. The quantitative estimate of drug-likeness (QED) is 0.457. The summed E-state index contributed by atoms with van der Waals surface area (Å²) in [6.45, 7) is 13.9. The van der Waals surface area contributed by atoms with Crippen molar-refractivity contribution in [2.75, 3.05) is 13.1 Å². The first-order valence-corrected chi connectivity index (χ1v) is 12.4. The normalized spacial score (nSPS) is 51.1. The second-order valence-electron chi connectivity index (χ2n) is 11.8. The molecule has 7 bridgehead atoms. The Balaban J connectivity index is 0.00000228. The number of nitrogens with zero attached hydrogens (tertiary/aromatic N) is 1. The maximum atomic E-state index is 13.4. The fourth-order valence-corrected chi connectivity index (χ4v) is 10.4. The van der Waals surface area contributed by atoms with Crippen molar-refractivity contribution in [2.45, 2.75) is 78.0 Å². The van der Waals surface area contributed by atoms with Crippen molar-refractivity contribution in [3.63, 3.8) is 0 Å². The molecule has 6 aliphatic rings. The van der Waals surface area contributed by atoms with Crippen LogP contribution in [0.5, 0.6) is 0 Å². The summed E-state index contributed by atoms with van der Waals surface area (Å²) in [5.74, 6) is 0.322. The van der Waals surface area contributed by atoms with Gasteiger partial charge in [-0.1, -0.05) is 20.4 Å². The lowest BCUT2D eigenvalue weighted by Gasteiger charge is -2.65. The molecule has 10 atom stereocenters. The van der Waals surface area contributed by atoms with Crippen molar-refractivity contribution in [3.05, 3.63) is 12.2 Å². The number of carbonyl (C=O) groups is 3. The first-order valence-electron chi connectivity index (χ1n) is 12.4. The highest BCUT2D eigenvalue weighted by atomic mass is 35.5. The highest BCUT2D eigenvalue weighted by molar-refractivity contribution is 5.87. The third-order valence-corrected chi connectivity index (χ3v) is 10.9. The van der Waals surface area contributed by atoms with Crippen molar-refractivity contribution >= 4 is 30.1 Å². The maximum Gasteiger partial charge on any atom is 0.303 e. The predicted molar refractivity (Wildman–Crippen MR) is 124 cm³/mol. The van der Waals surface area contributed by atoms with Crippen molar-refractivity contribution in [3.8, 4) is 0 Å². The highest BCUT2D eigenvalue weighted by Gasteiger charge is 2.86. The number of carbonyl (C=O) groups excluding carboxylic acids is 3. The molecule has 5 aliphatic carbocycles. The average molecular weight is 478 g/mol. The Morgan fingerprint density at radius 2 is 1.88 bits per heavy atom. The maximum absolute atomic E-state index is 13.4. The van der Waals surface area contributed by atoms with Gasteiger partial charge in [0.15, 0.2) is 0 Å². The number of Topliss-reactive ketones (excluding diaryl/α,β-unsaturated/α-hetero) is 1. The SMILES string of the molecule is C=C1[C@@H]2C[C@@]3(C4C[C@H]5C6([C@@H](OC(C)=O)CC[C@@]5(C)CN(CC)[C@H]46)[C@@H]3CC2=O)[C@@H]1OC(C)=O.Cl. The van der Waals surface area contributed by atoms with E-state index in [2.05, 4.69) is 25.3 Å². The topological polar surface area (TPSA) is 72.9 Å². The number of likely N-dealkylation sites (tertiary alicyclic amines) is 1.